The van der Waals surface area contributed by atoms with Crippen LogP contribution in [-0.4, -0.2) is 44.1 Å². The molecule has 0 heterocycles. The van der Waals surface area contributed by atoms with Crippen molar-refractivity contribution < 1.29 is 9.13 Å². The molecule has 104 valence electrons. The predicted molar refractivity (Wildman–Crippen MR) is 71.2 cm³/mol. The summed E-state index contributed by atoms with van der Waals surface area (Å²) in [6.45, 7) is 12.6. The lowest BCUT2D eigenvalue weighted by Gasteiger charge is -2.21. The van der Waals surface area contributed by atoms with Crippen LogP contribution in [0.25, 0.3) is 0 Å². The maximum absolute atomic E-state index is 13.4. The molecule has 0 amide bonds. The topological polar surface area (TPSA) is 33.3 Å². The van der Waals surface area contributed by atoms with E-state index in [9.17, 15) is 4.39 Å². The molecule has 1 unspecified atom stereocenters. The van der Waals surface area contributed by atoms with Crippen molar-refractivity contribution in [2.24, 2.45) is 0 Å². The van der Waals surface area contributed by atoms with Gasteiger partial charge in [0.25, 0.3) is 0 Å². The highest BCUT2D eigenvalue weighted by Gasteiger charge is 2.11. The first-order valence-corrected chi connectivity index (χ1v) is 6.51. The Bertz CT molecular complexity index is 181. The lowest BCUT2D eigenvalue weighted by molar-refractivity contribution is 0.0773. The van der Waals surface area contributed by atoms with Crippen LogP contribution in [0.1, 0.15) is 41.0 Å². The summed E-state index contributed by atoms with van der Waals surface area (Å²) in [7, 11) is 0. The molecule has 0 spiro atoms. The van der Waals surface area contributed by atoms with Gasteiger partial charge >= 0.3 is 0 Å². The van der Waals surface area contributed by atoms with Crippen LogP contribution in [0, 0.1) is 0 Å². The predicted octanol–water partition coefficient (Wildman–Crippen LogP) is 2.12. The summed E-state index contributed by atoms with van der Waals surface area (Å²) in [5.41, 5.74) is 0.0573. The minimum atomic E-state index is -0.871. The molecule has 3 nitrogen and oxygen atoms in total. The van der Waals surface area contributed by atoms with Crippen LogP contribution in [0.4, 0.5) is 4.39 Å². The molecule has 0 aromatic rings. The molecule has 0 aromatic heterocycles. The lowest BCUT2D eigenvalue weighted by atomic mass is 10.1. The van der Waals surface area contributed by atoms with Gasteiger partial charge in [0.1, 0.15) is 6.17 Å². The maximum Gasteiger partial charge on any atom is 0.125 e. The minimum absolute atomic E-state index is 0.0573. The average Bonchev–Trinajstić information content (AvgIpc) is 2.14. The molecule has 4 heteroatoms. The molecule has 0 aromatic carbocycles. The third-order valence-electron chi connectivity index (χ3n) is 2.21. The quantitative estimate of drug-likeness (QED) is 0.613. The lowest BCUT2D eigenvalue weighted by Crippen LogP contribution is -2.37. The van der Waals surface area contributed by atoms with Crippen LogP contribution in [0.2, 0.25) is 0 Å². The summed E-state index contributed by atoms with van der Waals surface area (Å²) in [4.78, 5) is 0. The molecule has 1 atom stereocenters. The van der Waals surface area contributed by atoms with E-state index in [2.05, 4.69) is 45.3 Å². The largest absolute Gasteiger partial charge is 0.377 e. The first-order valence-electron chi connectivity index (χ1n) is 6.51. The summed E-state index contributed by atoms with van der Waals surface area (Å²) in [5.74, 6) is 0. The second kappa shape index (κ2) is 8.84. The third kappa shape index (κ3) is 13.7. The average molecular weight is 248 g/mol. The molecule has 0 rings (SSSR count). The molecule has 0 aliphatic rings. The normalized spacial score (nSPS) is 14.3. The summed E-state index contributed by atoms with van der Waals surface area (Å²) < 4.78 is 18.6. The first kappa shape index (κ1) is 16.8. The van der Waals surface area contributed by atoms with Gasteiger partial charge in [-0.3, -0.25) is 0 Å². The Morgan fingerprint density at radius 2 is 1.82 bits per heavy atom. The number of alkyl halides is 1. The van der Waals surface area contributed by atoms with Gasteiger partial charge in [-0.2, -0.15) is 0 Å². The number of ether oxygens (including phenoxy) is 1. The van der Waals surface area contributed by atoms with Crippen LogP contribution in [0.15, 0.2) is 0 Å². The Hall–Kier alpha value is -0.190. The molecule has 0 aliphatic heterocycles. The van der Waals surface area contributed by atoms with E-state index >= 15 is 0 Å². The van der Waals surface area contributed by atoms with Gasteiger partial charge in [0.05, 0.1) is 13.2 Å². The van der Waals surface area contributed by atoms with E-state index < -0.39 is 6.17 Å². The van der Waals surface area contributed by atoms with E-state index in [1.165, 1.54) is 0 Å². The number of halogens is 1. The number of hydrogen-bond donors (Lipinski definition) is 2. The van der Waals surface area contributed by atoms with E-state index in [1.807, 2.05) is 0 Å². The maximum atomic E-state index is 13.4. The van der Waals surface area contributed by atoms with E-state index in [0.29, 0.717) is 25.6 Å². The highest BCUT2D eigenvalue weighted by Crippen LogP contribution is 2.02. The van der Waals surface area contributed by atoms with Crippen LogP contribution in [-0.2, 0) is 4.74 Å². The smallest absolute Gasteiger partial charge is 0.125 e. The van der Waals surface area contributed by atoms with Gasteiger partial charge in [0, 0.05) is 18.1 Å². The van der Waals surface area contributed by atoms with Crippen molar-refractivity contribution in [3.63, 3.8) is 0 Å². The molecule has 0 saturated carbocycles. The van der Waals surface area contributed by atoms with Gasteiger partial charge in [-0.25, -0.2) is 4.39 Å². The van der Waals surface area contributed by atoms with Gasteiger partial charge in [-0.05, 0) is 33.7 Å². The number of hydrogen-bond acceptors (Lipinski definition) is 3. The minimum Gasteiger partial charge on any atom is -0.377 e. The number of nitrogens with one attached hydrogen (secondary N) is 2. The SMILES string of the molecule is CC(C)NCCOCC(F)CCNC(C)(C)C. The van der Waals surface area contributed by atoms with Gasteiger partial charge in [-0.15, -0.1) is 0 Å². The Balaban J connectivity index is 3.32. The zero-order valence-corrected chi connectivity index (χ0v) is 12.0. The highest BCUT2D eigenvalue weighted by molar-refractivity contribution is 4.71. The summed E-state index contributed by atoms with van der Waals surface area (Å²) in [5, 5.41) is 6.48. The Morgan fingerprint density at radius 3 is 2.35 bits per heavy atom. The van der Waals surface area contributed by atoms with E-state index in [0.717, 1.165) is 6.54 Å². The summed E-state index contributed by atoms with van der Waals surface area (Å²) in [6.07, 6.45) is -0.363. The molecular weight excluding hydrogens is 219 g/mol. The number of rotatable bonds is 9. The van der Waals surface area contributed by atoms with Crippen molar-refractivity contribution in [2.75, 3.05) is 26.3 Å². The zero-order chi connectivity index (χ0) is 13.3. The van der Waals surface area contributed by atoms with Gasteiger partial charge < -0.3 is 15.4 Å². The third-order valence-corrected chi connectivity index (χ3v) is 2.21. The summed E-state index contributed by atoms with van der Waals surface area (Å²) in [6, 6.07) is 0.454. The first-order chi connectivity index (χ1) is 7.81. The van der Waals surface area contributed by atoms with Crippen LogP contribution in [0.5, 0.6) is 0 Å². The van der Waals surface area contributed by atoms with Crippen molar-refractivity contribution in [3.8, 4) is 0 Å². The Labute approximate surface area is 105 Å². The second-order valence-corrected chi connectivity index (χ2v) is 5.75. The molecular formula is C13H29FN2O. The molecule has 0 radical (unpaired) electrons. The van der Waals surface area contributed by atoms with Crippen molar-refractivity contribution in [2.45, 2.75) is 58.8 Å². The standard InChI is InChI=1S/C13H29FN2O/c1-11(2)15-8-9-17-10-12(14)6-7-16-13(3,4)5/h11-12,15-16H,6-10H2,1-5H3. The fourth-order valence-corrected chi connectivity index (χ4v) is 1.32. The van der Waals surface area contributed by atoms with Crippen LogP contribution < -0.4 is 10.6 Å². The second-order valence-electron chi connectivity index (χ2n) is 5.75. The molecule has 17 heavy (non-hydrogen) atoms. The van der Waals surface area contributed by atoms with Crippen LogP contribution >= 0.6 is 0 Å². The van der Waals surface area contributed by atoms with E-state index in [-0.39, 0.29) is 12.1 Å². The fraction of sp³-hybridized carbons (Fsp3) is 1.00. The van der Waals surface area contributed by atoms with Gasteiger partial charge in [0.15, 0.2) is 0 Å². The highest BCUT2D eigenvalue weighted by atomic mass is 19.1. The van der Waals surface area contributed by atoms with Crippen molar-refractivity contribution in [1.82, 2.24) is 10.6 Å². The van der Waals surface area contributed by atoms with E-state index in [4.69, 9.17) is 4.74 Å². The Morgan fingerprint density at radius 1 is 1.18 bits per heavy atom. The van der Waals surface area contributed by atoms with E-state index in [1.54, 1.807) is 0 Å². The molecule has 0 aliphatic carbocycles. The van der Waals surface area contributed by atoms with Gasteiger partial charge in [0.2, 0.25) is 0 Å². The van der Waals surface area contributed by atoms with Crippen molar-refractivity contribution >= 4 is 0 Å². The molecule has 2 N–H and O–H groups in total. The zero-order valence-electron chi connectivity index (χ0n) is 12.0. The van der Waals surface area contributed by atoms with Gasteiger partial charge in [-0.1, -0.05) is 13.8 Å². The molecule has 0 fully saturated rings. The Kier molecular flexibility index (Phi) is 8.74. The monoisotopic (exact) mass is 248 g/mol. The fourth-order valence-electron chi connectivity index (χ4n) is 1.32. The summed E-state index contributed by atoms with van der Waals surface area (Å²) >= 11 is 0. The molecule has 0 saturated heterocycles. The molecule has 0 bridgehead atoms. The van der Waals surface area contributed by atoms with Crippen molar-refractivity contribution in [3.05, 3.63) is 0 Å². The van der Waals surface area contributed by atoms with Crippen molar-refractivity contribution in [1.29, 1.82) is 0 Å². The van der Waals surface area contributed by atoms with Crippen LogP contribution in [0.3, 0.4) is 0 Å².